The standard InChI is InChI=1S/C30H27ClN4O5S/c1-3-38-25-17-20(16-22(31)27(25)40-14-13-39-24-12-8-7-11-23(24)37-2)15-21-28(32)35-30(33-29(21)36)41-26(34-35)18-19-9-5-4-6-10-19/h4-12,15-17,32H,3,13-14,18H2,1-2H3. The van der Waals surface area contributed by atoms with Crippen LogP contribution in [0, 0.1) is 5.41 Å². The highest BCUT2D eigenvalue weighted by Crippen LogP contribution is 2.38. The van der Waals surface area contributed by atoms with Crippen LogP contribution < -0.4 is 18.9 Å². The highest BCUT2D eigenvalue weighted by molar-refractivity contribution is 8.26. The van der Waals surface area contributed by atoms with E-state index in [0.29, 0.717) is 51.8 Å². The Kier molecular flexibility index (Phi) is 8.91. The number of fused-ring (bicyclic) bond motifs is 1. The molecule has 0 atom stereocenters. The van der Waals surface area contributed by atoms with Crippen LogP contribution in [-0.4, -0.2) is 53.9 Å². The number of thioether (sulfide) groups is 1. The molecule has 0 radical (unpaired) electrons. The molecule has 0 aromatic heterocycles. The van der Waals surface area contributed by atoms with Crippen molar-refractivity contribution < 1.29 is 23.7 Å². The molecule has 9 nitrogen and oxygen atoms in total. The molecule has 0 fully saturated rings. The minimum absolute atomic E-state index is 0.0570. The number of carbonyl (C=O) groups excluding carboxylic acids is 1. The van der Waals surface area contributed by atoms with Gasteiger partial charge in [-0.25, -0.2) is 0 Å². The maximum atomic E-state index is 12.9. The van der Waals surface area contributed by atoms with Crippen LogP contribution in [0.15, 0.2) is 82.4 Å². The first kappa shape index (κ1) is 28.3. The number of hydrogen-bond acceptors (Lipinski definition) is 8. The number of benzene rings is 3. The molecule has 2 aliphatic rings. The summed E-state index contributed by atoms with van der Waals surface area (Å²) in [5, 5.41) is 16.0. The van der Waals surface area contributed by atoms with Crippen molar-refractivity contribution in [3.05, 3.63) is 88.5 Å². The van der Waals surface area contributed by atoms with Gasteiger partial charge in [-0.05, 0) is 60.2 Å². The van der Waals surface area contributed by atoms with Crippen molar-refractivity contribution in [2.45, 2.75) is 13.3 Å². The highest BCUT2D eigenvalue weighted by Gasteiger charge is 2.35. The molecule has 2 heterocycles. The molecule has 0 bridgehead atoms. The fourth-order valence-corrected chi connectivity index (χ4v) is 5.34. The molecular formula is C30H27ClN4O5S. The largest absolute Gasteiger partial charge is 0.493 e. The lowest BCUT2D eigenvalue weighted by molar-refractivity contribution is -0.114. The average molecular weight is 591 g/mol. The number of methoxy groups -OCH3 is 1. The number of nitrogens with one attached hydrogen (secondary N) is 1. The molecule has 3 aromatic carbocycles. The first-order valence-corrected chi connectivity index (χ1v) is 14.0. The number of hydrogen-bond donors (Lipinski definition) is 1. The summed E-state index contributed by atoms with van der Waals surface area (Å²) in [5.74, 6) is 1.42. The lowest BCUT2D eigenvalue weighted by Crippen LogP contribution is -2.35. The van der Waals surface area contributed by atoms with Gasteiger partial charge in [0.25, 0.3) is 5.91 Å². The van der Waals surface area contributed by atoms with E-state index in [1.807, 2.05) is 61.5 Å². The van der Waals surface area contributed by atoms with Gasteiger partial charge in [-0.3, -0.25) is 10.2 Å². The number of hydrazone groups is 1. The molecule has 41 heavy (non-hydrogen) atoms. The number of para-hydroxylation sites is 2. The zero-order chi connectivity index (χ0) is 28.8. The van der Waals surface area contributed by atoms with Gasteiger partial charge in [0, 0.05) is 6.42 Å². The van der Waals surface area contributed by atoms with E-state index in [0.717, 1.165) is 10.6 Å². The van der Waals surface area contributed by atoms with Crippen LogP contribution in [0.5, 0.6) is 23.0 Å². The molecule has 0 unspecified atom stereocenters. The molecule has 0 saturated heterocycles. The van der Waals surface area contributed by atoms with Gasteiger partial charge >= 0.3 is 0 Å². The van der Waals surface area contributed by atoms with Crippen molar-refractivity contribution in [3.63, 3.8) is 0 Å². The van der Waals surface area contributed by atoms with Gasteiger partial charge in [-0.1, -0.05) is 54.1 Å². The second-order valence-corrected chi connectivity index (χ2v) is 10.2. The number of halogens is 1. The molecule has 0 aliphatic carbocycles. The van der Waals surface area contributed by atoms with E-state index in [9.17, 15) is 4.79 Å². The summed E-state index contributed by atoms with van der Waals surface area (Å²) in [6.07, 6.45) is 2.14. The Bertz CT molecular complexity index is 1560. The van der Waals surface area contributed by atoms with E-state index in [-0.39, 0.29) is 24.6 Å². The molecule has 0 saturated carbocycles. The van der Waals surface area contributed by atoms with E-state index >= 15 is 0 Å². The molecule has 210 valence electrons. The SMILES string of the molecule is CCOc1cc(C=C2C(=N)N3N=C(Cc4ccccc4)SC3=NC2=O)cc(Cl)c1OCCOc1ccccc1OC. The van der Waals surface area contributed by atoms with E-state index in [2.05, 4.69) is 10.1 Å². The van der Waals surface area contributed by atoms with Gasteiger partial charge in [-0.2, -0.15) is 15.1 Å². The summed E-state index contributed by atoms with van der Waals surface area (Å²) >= 11 is 7.88. The molecular weight excluding hydrogens is 564 g/mol. The lowest BCUT2D eigenvalue weighted by atomic mass is 10.1. The topological polar surface area (TPSA) is 106 Å². The fourth-order valence-electron chi connectivity index (χ4n) is 4.15. The Hall–Kier alpha value is -4.28. The zero-order valence-corrected chi connectivity index (χ0v) is 24.0. The van der Waals surface area contributed by atoms with Crippen LogP contribution in [0.4, 0.5) is 0 Å². The van der Waals surface area contributed by atoms with Crippen molar-refractivity contribution in [1.29, 1.82) is 5.41 Å². The molecule has 11 heteroatoms. The Balaban J connectivity index is 1.31. The van der Waals surface area contributed by atoms with Gasteiger partial charge < -0.3 is 18.9 Å². The highest BCUT2D eigenvalue weighted by atomic mass is 35.5. The van der Waals surface area contributed by atoms with Crippen LogP contribution in [0.25, 0.3) is 6.08 Å². The summed E-state index contributed by atoms with van der Waals surface area (Å²) in [6, 6.07) is 20.6. The second kappa shape index (κ2) is 12.9. The number of amides is 1. The molecule has 2 aliphatic heterocycles. The van der Waals surface area contributed by atoms with Gasteiger partial charge in [0.2, 0.25) is 5.17 Å². The van der Waals surface area contributed by atoms with Crippen molar-refractivity contribution in [3.8, 4) is 23.0 Å². The first-order valence-electron chi connectivity index (χ1n) is 12.8. The Morgan fingerprint density at radius 1 is 0.976 bits per heavy atom. The summed E-state index contributed by atoms with van der Waals surface area (Å²) in [6.45, 7) is 2.67. The molecule has 3 aromatic rings. The average Bonchev–Trinajstić information content (AvgIpc) is 3.37. The minimum atomic E-state index is -0.521. The molecule has 1 N–H and O–H groups in total. The van der Waals surface area contributed by atoms with E-state index in [1.54, 1.807) is 25.3 Å². The van der Waals surface area contributed by atoms with Crippen LogP contribution in [0.1, 0.15) is 18.1 Å². The van der Waals surface area contributed by atoms with E-state index in [4.69, 9.17) is 36.0 Å². The number of nitrogens with zero attached hydrogens (tertiary/aromatic N) is 3. The quantitative estimate of drug-likeness (QED) is 0.213. The fraction of sp³-hybridized carbons (Fsp3) is 0.200. The lowest BCUT2D eigenvalue weighted by Gasteiger charge is -2.20. The normalized spacial score (nSPS) is 15.4. The van der Waals surface area contributed by atoms with Crippen LogP contribution in [-0.2, 0) is 11.2 Å². The van der Waals surface area contributed by atoms with Crippen LogP contribution in [0.2, 0.25) is 5.02 Å². The number of rotatable bonds is 11. The summed E-state index contributed by atoms with van der Waals surface area (Å²) in [7, 11) is 1.58. The van der Waals surface area contributed by atoms with Gasteiger partial charge in [0.05, 0.1) is 24.3 Å². The number of aliphatic imine (C=N–C) groups is 1. The van der Waals surface area contributed by atoms with Gasteiger partial charge in [-0.15, -0.1) is 0 Å². The number of carbonyl (C=O) groups is 1. The number of amidine groups is 2. The van der Waals surface area contributed by atoms with Gasteiger partial charge in [0.1, 0.15) is 18.3 Å². The van der Waals surface area contributed by atoms with E-state index in [1.165, 1.54) is 16.8 Å². The summed E-state index contributed by atoms with van der Waals surface area (Å²) in [5.41, 5.74) is 1.74. The minimum Gasteiger partial charge on any atom is -0.493 e. The number of ether oxygens (including phenoxy) is 4. The van der Waals surface area contributed by atoms with Crippen molar-refractivity contribution >= 4 is 51.4 Å². The third-order valence-electron chi connectivity index (χ3n) is 5.99. The first-order chi connectivity index (χ1) is 20.0. The van der Waals surface area contributed by atoms with Gasteiger partial charge in [0.15, 0.2) is 28.8 Å². The zero-order valence-electron chi connectivity index (χ0n) is 22.4. The molecule has 0 spiro atoms. The Morgan fingerprint density at radius 2 is 1.71 bits per heavy atom. The summed E-state index contributed by atoms with van der Waals surface area (Å²) in [4.78, 5) is 17.1. The Labute approximate surface area is 246 Å². The van der Waals surface area contributed by atoms with Crippen molar-refractivity contribution in [2.24, 2.45) is 10.1 Å². The summed E-state index contributed by atoms with van der Waals surface area (Å²) < 4.78 is 22.8. The van der Waals surface area contributed by atoms with Crippen LogP contribution in [0.3, 0.4) is 0 Å². The third-order valence-corrected chi connectivity index (χ3v) is 7.18. The van der Waals surface area contributed by atoms with Crippen molar-refractivity contribution in [1.82, 2.24) is 5.01 Å². The Morgan fingerprint density at radius 3 is 2.46 bits per heavy atom. The van der Waals surface area contributed by atoms with Crippen LogP contribution >= 0.6 is 23.4 Å². The molecule has 5 rings (SSSR count). The maximum Gasteiger partial charge on any atom is 0.283 e. The third kappa shape index (κ3) is 6.55. The van der Waals surface area contributed by atoms with Crippen molar-refractivity contribution in [2.75, 3.05) is 26.9 Å². The predicted octanol–water partition coefficient (Wildman–Crippen LogP) is 6.07. The molecule has 1 amide bonds. The second-order valence-electron chi connectivity index (χ2n) is 8.79. The van der Waals surface area contributed by atoms with E-state index < -0.39 is 5.91 Å². The maximum absolute atomic E-state index is 12.9. The monoisotopic (exact) mass is 590 g/mol. The smallest absolute Gasteiger partial charge is 0.283 e. The predicted molar refractivity (Wildman–Crippen MR) is 162 cm³/mol.